The molecule has 1 saturated heterocycles. The van der Waals surface area contributed by atoms with Crippen LogP contribution >= 0.6 is 0 Å². The normalized spacial score (nSPS) is 17.0. The van der Waals surface area contributed by atoms with E-state index in [0.717, 1.165) is 54.0 Å². The van der Waals surface area contributed by atoms with Crippen molar-refractivity contribution in [2.24, 2.45) is 5.10 Å². The highest BCUT2D eigenvalue weighted by atomic mass is 16.6. The van der Waals surface area contributed by atoms with E-state index in [1.807, 2.05) is 42.5 Å². The number of non-ortho nitro benzene ring substituents is 1. The number of carbonyl (C=O) groups excluding carboxylic acids is 1. The number of hydrogen-bond donors (Lipinski definition) is 2. The molecule has 9 heteroatoms. The van der Waals surface area contributed by atoms with Crippen LogP contribution in [-0.2, 0) is 4.74 Å². The Labute approximate surface area is 208 Å². The number of ether oxygens (including phenoxy) is 1. The van der Waals surface area contributed by atoms with Gasteiger partial charge in [-0.3, -0.25) is 20.3 Å². The second-order valence-electron chi connectivity index (χ2n) is 8.83. The van der Waals surface area contributed by atoms with Gasteiger partial charge >= 0.3 is 0 Å². The molecule has 0 radical (unpaired) electrons. The summed E-state index contributed by atoms with van der Waals surface area (Å²) in [7, 11) is 1.63. The van der Waals surface area contributed by atoms with E-state index < -0.39 is 4.92 Å². The Kier molecular flexibility index (Phi) is 6.64. The number of nitrogens with one attached hydrogen (secondary N) is 2. The first kappa shape index (κ1) is 23.5. The summed E-state index contributed by atoms with van der Waals surface area (Å²) in [6.07, 6.45) is 3.05. The van der Waals surface area contributed by atoms with Crippen LogP contribution in [0.2, 0.25) is 0 Å². The molecule has 2 N–H and O–H groups in total. The lowest BCUT2D eigenvalue weighted by Crippen LogP contribution is -2.31. The number of carbonyl (C=O) groups is 1. The fraction of sp³-hybridized carbons (Fsp3) is 0.259. The molecule has 3 aromatic carbocycles. The Balaban J connectivity index is 1.51. The summed E-state index contributed by atoms with van der Waals surface area (Å²) >= 11 is 0. The van der Waals surface area contributed by atoms with Crippen LogP contribution in [0.5, 0.6) is 0 Å². The van der Waals surface area contributed by atoms with Crippen LogP contribution in [-0.4, -0.2) is 36.7 Å². The number of amides is 1. The second kappa shape index (κ2) is 10.2. The molecule has 0 spiro atoms. The molecule has 0 saturated carbocycles. The number of nitro benzene ring substituents is 1. The summed E-state index contributed by atoms with van der Waals surface area (Å²) in [5.41, 5.74) is 8.53. The number of rotatable bonds is 6. The number of anilines is 2. The van der Waals surface area contributed by atoms with Crippen molar-refractivity contribution in [2.75, 3.05) is 30.4 Å². The molecule has 2 aliphatic rings. The molecule has 1 fully saturated rings. The van der Waals surface area contributed by atoms with Gasteiger partial charge in [0.2, 0.25) is 0 Å². The van der Waals surface area contributed by atoms with E-state index in [0.29, 0.717) is 11.3 Å². The Morgan fingerprint density at radius 3 is 2.56 bits per heavy atom. The molecule has 1 amide bonds. The molecule has 1 unspecified atom stereocenters. The van der Waals surface area contributed by atoms with E-state index in [1.54, 1.807) is 7.11 Å². The van der Waals surface area contributed by atoms with Crippen molar-refractivity contribution in [2.45, 2.75) is 25.5 Å². The first-order chi connectivity index (χ1) is 17.5. The minimum atomic E-state index is -0.482. The summed E-state index contributed by atoms with van der Waals surface area (Å²) in [4.78, 5) is 25.9. The number of nitrogens with zero attached hydrogens (tertiary/aromatic N) is 3. The number of hydrogen-bond acceptors (Lipinski definition) is 7. The third-order valence-electron chi connectivity index (χ3n) is 6.58. The van der Waals surface area contributed by atoms with E-state index in [2.05, 4.69) is 20.7 Å². The lowest BCUT2D eigenvalue weighted by molar-refractivity contribution is -0.384. The standard InChI is InChI=1S/C27H27N5O4/c1-36-27-22-8-4-3-7-21(22)25(29-30-27)19-11-14-24(31-15-5-2-6-16-31)23(17-19)28-26(33)18-9-12-20(13-10-18)32(34)35/h3-4,7-14,17,27,30H,2,5-6,15-16H2,1H3,(H,28,33). The van der Waals surface area contributed by atoms with Gasteiger partial charge in [-0.05, 0) is 43.5 Å². The average molecular weight is 486 g/mol. The molecule has 2 heterocycles. The number of hydrazone groups is 1. The number of benzene rings is 3. The highest BCUT2D eigenvalue weighted by Crippen LogP contribution is 2.33. The van der Waals surface area contributed by atoms with Gasteiger partial charge in [-0.15, -0.1) is 0 Å². The minimum absolute atomic E-state index is 0.0570. The molecule has 0 aromatic heterocycles. The highest BCUT2D eigenvalue weighted by Gasteiger charge is 2.25. The molecule has 2 aliphatic heterocycles. The fourth-order valence-corrected chi connectivity index (χ4v) is 4.72. The number of fused-ring (bicyclic) bond motifs is 1. The third-order valence-corrected chi connectivity index (χ3v) is 6.58. The molecule has 0 bridgehead atoms. The predicted molar refractivity (Wildman–Crippen MR) is 139 cm³/mol. The van der Waals surface area contributed by atoms with Gasteiger partial charge in [-0.25, -0.2) is 0 Å². The summed E-state index contributed by atoms with van der Waals surface area (Å²) in [5, 5.41) is 18.6. The van der Waals surface area contributed by atoms with E-state index in [9.17, 15) is 14.9 Å². The number of piperidine rings is 1. The lowest BCUT2D eigenvalue weighted by Gasteiger charge is -2.31. The zero-order valence-electron chi connectivity index (χ0n) is 19.9. The Hall–Kier alpha value is -4.24. The Bertz CT molecular complexity index is 1320. The molecule has 184 valence electrons. The molecule has 9 nitrogen and oxygen atoms in total. The van der Waals surface area contributed by atoms with Crippen molar-refractivity contribution in [3.63, 3.8) is 0 Å². The third kappa shape index (κ3) is 4.65. The number of nitro groups is 1. The van der Waals surface area contributed by atoms with Crippen molar-refractivity contribution < 1.29 is 14.5 Å². The SMILES string of the molecule is COC1NN=C(c2ccc(N3CCCCC3)c(NC(=O)c3ccc([N+](=O)[O-])cc3)c2)c2ccccc21. The van der Waals surface area contributed by atoms with Crippen LogP contribution in [0.1, 0.15) is 52.5 Å². The van der Waals surface area contributed by atoms with Crippen LogP contribution in [0.3, 0.4) is 0 Å². The smallest absolute Gasteiger partial charge is 0.269 e. The zero-order valence-corrected chi connectivity index (χ0v) is 19.9. The van der Waals surface area contributed by atoms with Gasteiger partial charge in [0.15, 0.2) is 6.23 Å². The molecular formula is C27H27N5O4. The maximum atomic E-state index is 13.1. The Morgan fingerprint density at radius 1 is 1.08 bits per heavy atom. The second-order valence-corrected chi connectivity index (χ2v) is 8.83. The van der Waals surface area contributed by atoms with Gasteiger partial charge in [-0.2, -0.15) is 5.10 Å². The van der Waals surface area contributed by atoms with Crippen molar-refractivity contribution in [3.8, 4) is 0 Å². The van der Waals surface area contributed by atoms with E-state index in [-0.39, 0.29) is 17.8 Å². The van der Waals surface area contributed by atoms with E-state index in [4.69, 9.17) is 4.74 Å². The molecule has 3 aromatic rings. The summed E-state index contributed by atoms with van der Waals surface area (Å²) < 4.78 is 5.52. The Morgan fingerprint density at radius 2 is 1.83 bits per heavy atom. The average Bonchev–Trinajstić information content (AvgIpc) is 2.93. The maximum absolute atomic E-state index is 13.1. The summed E-state index contributed by atoms with van der Waals surface area (Å²) in [6.45, 7) is 1.83. The van der Waals surface area contributed by atoms with E-state index >= 15 is 0 Å². The monoisotopic (exact) mass is 485 g/mol. The zero-order chi connectivity index (χ0) is 25.1. The molecule has 1 atom stereocenters. The maximum Gasteiger partial charge on any atom is 0.269 e. The molecular weight excluding hydrogens is 458 g/mol. The lowest BCUT2D eigenvalue weighted by atomic mass is 9.94. The van der Waals surface area contributed by atoms with Crippen LogP contribution in [0.4, 0.5) is 17.1 Å². The van der Waals surface area contributed by atoms with Crippen LogP contribution in [0.25, 0.3) is 0 Å². The quantitative estimate of drug-likeness (QED) is 0.382. The van der Waals surface area contributed by atoms with Gasteiger partial charge in [0, 0.05) is 54.6 Å². The first-order valence-electron chi connectivity index (χ1n) is 12.0. The van der Waals surface area contributed by atoms with Crippen molar-refractivity contribution >= 4 is 28.7 Å². The summed E-state index contributed by atoms with van der Waals surface area (Å²) in [5.74, 6) is -0.330. The van der Waals surface area contributed by atoms with Crippen molar-refractivity contribution in [1.82, 2.24) is 5.43 Å². The minimum Gasteiger partial charge on any atom is -0.370 e. The van der Waals surface area contributed by atoms with Gasteiger partial charge in [0.1, 0.15) is 0 Å². The predicted octanol–water partition coefficient (Wildman–Crippen LogP) is 4.84. The van der Waals surface area contributed by atoms with Gasteiger partial charge in [0.05, 0.1) is 22.0 Å². The van der Waals surface area contributed by atoms with Crippen LogP contribution in [0.15, 0.2) is 71.8 Å². The number of methoxy groups -OCH3 is 1. The molecule has 5 rings (SSSR count). The van der Waals surface area contributed by atoms with Crippen LogP contribution < -0.4 is 15.6 Å². The van der Waals surface area contributed by atoms with Crippen molar-refractivity contribution in [3.05, 3.63) is 99.1 Å². The van der Waals surface area contributed by atoms with Crippen LogP contribution in [0, 0.1) is 10.1 Å². The topological polar surface area (TPSA) is 109 Å². The van der Waals surface area contributed by atoms with Crippen molar-refractivity contribution in [1.29, 1.82) is 0 Å². The van der Waals surface area contributed by atoms with Gasteiger partial charge in [-0.1, -0.05) is 30.3 Å². The molecule has 36 heavy (non-hydrogen) atoms. The highest BCUT2D eigenvalue weighted by molar-refractivity contribution is 6.15. The van der Waals surface area contributed by atoms with Gasteiger partial charge in [0.25, 0.3) is 11.6 Å². The van der Waals surface area contributed by atoms with Gasteiger partial charge < -0.3 is 15.0 Å². The molecule has 0 aliphatic carbocycles. The first-order valence-corrected chi connectivity index (χ1v) is 12.0. The van der Waals surface area contributed by atoms with E-state index in [1.165, 1.54) is 30.7 Å². The fourth-order valence-electron chi connectivity index (χ4n) is 4.72. The summed E-state index contributed by atoms with van der Waals surface area (Å²) in [6, 6.07) is 19.5. The largest absolute Gasteiger partial charge is 0.370 e.